The van der Waals surface area contributed by atoms with Crippen LogP contribution in [0.2, 0.25) is 0 Å². The van der Waals surface area contributed by atoms with Crippen molar-refractivity contribution in [1.29, 1.82) is 0 Å². The van der Waals surface area contributed by atoms with Crippen LogP contribution in [0.25, 0.3) is 100 Å². The predicted octanol–water partition coefficient (Wildman–Crippen LogP) is 36.6. The lowest BCUT2D eigenvalue weighted by Gasteiger charge is -2.25. The van der Waals surface area contributed by atoms with Crippen molar-refractivity contribution in [3.8, 4) is 159 Å². The minimum absolute atomic E-state index is 0.889. The summed E-state index contributed by atoms with van der Waals surface area (Å²) in [6.45, 7) is 17.0. The van der Waals surface area contributed by atoms with Crippen LogP contribution in [-0.2, 0) is 0 Å². The van der Waals surface area contributed by atoms with Crippen molar-refractivity contribution < 1.29 is 0 Å². The molecule has 21 aromatic carbocycles. The highest BCUT2D eigenvalue weighted by Crippen LogP contribution is 2.43. The molecule has 3 heteroatoms. The van der Waals surface area contributed by atoms with Gasteiger partial charge in [0.05, 0.1) is 0 Å². The second-order valence-electron chi connectivity index (χ2n) is 38.1. The van der Waals surface area contributed by atoms with Crippen molar-refractivity contribution in [2.75, 3.05) is 14.7 Å². The van der Waals surface area contributed by atoms with E-state index in [2.05, 4.69) is 621 Å². The molecule has 0 N–H and O–H groups in total. The highest BCUT2D eigenvalue weighted by atomic mass is 15.2. The van der Waals surface area contributed by atoms with Crippen LogP contribution in [0.1, 0.15) is 100 Å². The van der Waals surface area contributed by atoms with Crippen LogP contribution in [0.15, 0.2) is 491 Å². The summed E-state index contributed by atoms with van der Waals surface area (Å²) in [5.41, 5.74) is 49.0. The van der Waals surface area contributed by atoms with Crippen molar-refractivity contribution in [3.63, 3.8) is 0 Å². The fraction of sp³-hybridized carbons (Fsp3) is 0.0556. The van der Waals surface area contributed by atoms with Gasteiger partial charge < -0.3 is 14.7 Å². The second kappa shape index (κ2) is 43.1. The number of benzene rings is 21. The molecule has 0 atom stereocenters. The Hall–Kier alpha value is -19.2. The Morgan fingerprint density at radius 2 is 0.177 bits per heavy atom. The van der Waals surface area contributed by atoms with E-state index in [1.165, 1.54) is 89.0 Å². The fourth-order valence-electron chi connectivity index (χ4n) is 18.4. The number of hydrogen-bond acceptors (Lipinski definition) is 3. The number of hydrogen-bond donors (Lipinski definition) is 0. The summed E-state index contributed by atoms with van der Waals surface area (Å²) in [5, 5.41) is 0. The van der Waals surface area contributed by atoms with Gasteiger partial charge in [-0.1, -0.05) is 310 Å². The standard InChI is InChI=1S/C144H105N3/c1-100-9-55-118(56-10-100)127-91-128(119-57-11-101(2)12-58-119)94-131(93-127)122-63-35-108(36-64-122)27-32-115-49-85-142(86-50-115)147(143-87-51-116(52-88-143)33-28-109-37-65-123(66-38-109)132-95-129(120-59-13-102(3)14-60-120)92-130(96-132)121-61-15-103(4)16-62-121)144-89-53-117(54-90-144)34-29-112-43-71-126(72-44-112)135-98-133(124-67-39-110(40-68-124)25-30-113-45-81-140(82-46-113)145(136-73-17-104(5)18-74-136)137-75-19-105(6)20-76-137)97-134(99-135)125-69-41-111(42-70-125)26-31-114-47-83-141(84-48-114)146(138-77-21-106(7)22-78-138)139-79-23-107(8)24-80-139/h9-24,35-99H,1-8H3. The molecule has 0 saturated carbocycles. The van der Waals surface area contributed by atoms with Gasteiger partial charge in [-0.3, -0.25) is 0 Å². The number of nitrogens with zero attached hydrogens (tertiary/aromatic N) is 3. The maximum atomic E-state index is 3.52. The van der Waals surface area contributed by atoms with E-state index in [-0.39, 0.29) is 0 Å². The molecular weight excluding hydrogens is 1770 g/mol. The first-order valence-electron chi connectivity index (χ1n) is 50.0. The number of anilines is 9. The molecule has 0 bridgehead atoms. The Balaban J connectivity index is 0.554. The van der Waals surface area contributed by atoms with E-state index in [1.807, 2.05) is 0 Å². The molecule has 0 radical (unpaired) electrons. The Kier molecular flexibility index (Phi) is 27.6. The van der Waals surface area contributed by atoms with Crippen LogP contribution in [0.5, 0.6) is 0 Å². The Morgan fingerprint density at radius 1 is 0.0952 bits per heavy atom. The summed E-state index contributed by atoms with van der Waals surface area (Å²) in [6, 6.07) is 176. The lowest BCUT2D eigenvalue weighted by atomic mass is 9.92. The highest BCUT2D eigenvalue weighted by molar-refractivity contribution is 5.88. The molecule has 0 aliphatic rings. The van der Waals surface area contributed by atoms with E-state index in [0.29, 0.717) is 0 Å². The third kappa shape index (κ3) is 22.9. The van der Waals surface area contributed by atoms with E-state index >= 15 is 0 Å². The quantitative estimate of drug-likeness (QED) is 0.0793. The molecule has 0 saturated heterocycles. The lowest BCUT2D eigenvalue weighted by molar-refractivity contribution is 1.27. The summed E-state index contributed by atoms with van der Waals surface area (Å²) in [7, 11) is 0. The van der Waals surface area contributed by atoms with Gasteiger partial charge in [-0.15, -0.1) is 0 Å². The van der Waals surface area contributed by atoms with Gasteiger partial charge in [0.25, 0.3) is 0 Å². The lowest BCUT2D eigenvalue weighted by Crippen LogP contribution is -2.09. The largest absolute Gasteiger partial charge is 0.311 e. The summed E-state index contributed by atoms with van der Waals surface area (Å²) < 4.78 is 0. The van der Waals surface area contributed by atoms with Crippen molar-refractivity contribution in [2.24, 2.45) is 0 Å². The van der Waals surface area contributed by atoms with E-state index in [4.69, 9.17) is 0 Å². The zero-order valence-corrected chi connectivity index (χ0v) is 83.6. The normalized spacial score (nSPS) is 10.7. The molecule has 0 heterocycles. The average Bonchev–Trinajstić information content (AvgIpc) is 0.804. The first-order chi connectivity index (χ1) is 71.9. The third-order valence-electron chi connectivity index (χ3n) is 27.0. The van der Waals surface area contributed by atoms with Gasteiger partial charge in [-0.25, -0.2) is 0 Å². The fourth-order valence-corrected chi connectivity index (χ4v) is 18.4. The summed E-state index contributed by atoms with van der Waals surface area (Å²) in [5.74, 6) is 34.9. The average molecular weight is 1880 g/mol. The van der Waals surface area contributed by atoms with Crippen LogP contribution < -0.4 is 14.7 Å². The van der Waals surface area contributed by atoms with E-state index in [1.54, 1.807) is 0 Å². The molecule has 0 aliphatic heterocycles. The zero-order chi connectivity index (χ0) is 100. The van der Waals surface area contributed by atoms with Gasteiger partial charge in [-0.05, 0) is 441 Å². The van der Waals surface area contributed by atoms with Gasteiger partial charge in [0.2, 0.25) is 0 Å². The van der Waals surface area contributed by atoms with Crippen molar-refractivity contribution in [1.82, 2.24) is 0 Å². The SMILES string of the molecule is Cc1ccc(-c2cc(-c3ccc(C)cc3)cc(-c3ccc(C#Cc4ccc(N(c5ccc(C#Cc6ccc(-c7cc(-c8ccc(C)cc8)cc(-c8ccc(C)cc8)c7)cc6)cc5)c5ccc(C#Cc6ccc(-c7cc(-c8ccc(C#Cc9ccc(N(c%10ccc(C)cc%10)c%10ccc(C)cc%10)cc9)cc8)cc(-c8ccc(C#Cc9ccc(N(c%10ccc(C)cc%10)c%10ccc(C)cc%10)cc9)cc8)c7)cc6)cc5)cc4)cc3)c2)cc1. The summed E-state index contributed by atoms with van der Waals surface area (Å²) >= 11 is 0. The molecule has 696 valence electrons. The minimum atomic E-state index is 0.889. The molecule has 3 nitrogen and oxygen atoms in total. The number of aryl methyl sites for hydroxylation is 8. The number of rotatable bonds is 18. The second-order valence-corrected chi connectivity index (χ2v) is 38.1. The van der Waals surface area contributed by atoms with E-state index < -0.39 is 0 Å². The Morgan fingerprint density at radius 3 is 0.286 bits per heavy atom. The molecule has 0 amide bonds. The smallest absolute Gasteiger partial charge is 0.0462 e. The minimum Gasteiger partial charge on any atom is -0.311 e. The van der Waals surface area contributed by atoms with Gasteiger partial charge >= 0.3 is 0 Å². The van der Waals surface area contributed by atoms with E-state index in [0.717, 1.165) is 162 Å². The third-order valence-corrected chi connectivity index (χ3v) is 27.0. The van der Waals surface area contributed by atoms with Gasteiger partial charge in [0.1, 0.15) is 0 Å². The monoisotopic (exact) mass is 1880 g/mol. The molecule has 21 rings (SSSR count). The Bertz CT molecular complexity index is 7990. The van der Waals surface area contributed by atoms with Crippen LogP contribution in [0, 0.1) is 115 Å². The summed E-state index contributed by atoms with van der Waals surface area (Å²) in [6.07, 6.45) is 0. The van der Waals surface area contributed by atoms with Gasteiger partial charge in [0, 0.05) is 107 Å². The van der Waals surface area contributed by atoms with Crippen molar-refractivity contribution in [2.45, 2.75) is 55.4 Å². The topological polar surface area (TPSA) is 9.72 Å². The molecule has 0 aromatic heterocycles. The molecule has 0 unspecified atom stereocenters. The molecule has 0 spiro atoms. The first kappa shape index (κ1) is 94.1. The molecule has 147 heavy (non-hydrogen) atoms. The molecular formula is C144H105N3. The Labute approximate surface area is 865 Å². The highest BCUT2D eigenvalue weighted by Gasteiger charge is 2.20. The van der Waals surface area contributed by atoms with Crippen LogP contribution in [-0.4, -0.2) is 0 Å². The predicted molar refractivity (Wildman–Crippen MR) is 619 cm³/mol. The van der Waals surface area contributed by atoms with Crippen LogP contribution in [0.4, 0.5) is 51.2 Å². The van der Waals surface area contributed by atoms with E-state index in [9.17, 15) is 0 Å². The van der Waals surface area contributed by atoms with Crippen LogP contribution in [0.3, 0.4) is 0 Å². The summed E-state index contributed by atoms with van der Waals surface area (Å²) in [4.78, 5) is 6.85. The zero-order valence-electron chi connectivity index (χ0n) is 83.6. The maximum Gasteiger partial charge on any atom is 0.0462 e. The van der Waals surface area contributed by atoms with Gasteiger partial charge in [0.15, 0.2) is 0 Å². The first-order valence-corrected chi connectivity index (χ1v) is 50.0. The molecule has 21 aromatic rings. The molecule has 0 fully saturated rings. The van der Waals surface area contributed by atoms with Crippen LogP contribution >= 0.6 is 0 Å². The van der Waals surface area contributed by atoms with Crippen molar-refractivity contribution in [3.05, 3.63) is 592 Å². The molecule has 0 aliphatic carbocycles. The van der Waals surface area contributed by atoms with Crippen molar-refractivity contribution >= 4 is 51.2 Å². The maximum absolute atomic E-state index is 3.52. The van der Waals surface area contributed by atoms with Gasteiger partial charge in [-0.2, -0.15) is 0 Å².